The van der Waals surface area contributed by atoms with Gasteiger partial charge in [0.05, 0.1) is 0 Å². The Morgan fingerprint density at radius 1 is 1.47 bits per heavy atom. The van der Waals surface area contributed by atoms with Crippen LogP contribution in [-0.4, -0.2) is 12.5 Å². The van der Waals surface area contributed by atoms with Crippen molar-refractivity contribution in [1.29, 1.82) is 0 Å². The minimum atomic E-state index is -0.214. The van der Waals surface area contributed by atoms with Crippen molar-refractivity contribution >= 4 is 5.91 Å². The van der Waals surface area contributed by atoms with E-state index in [0.29, 0.717) is 13.0 Å². The van der Waals surface area contributed by atoms with Gasteiger partial charge in [-0.3, -0.25) is 4.79 Å². The summed E-state index contributed by atoms with van der Waals surface area (Å²) in [7, 11) is 0. The molecule has 0 heterocycles. The lowest BCUT2D eigenvalue weighted by Crippen LogP contribution is -2.24. The van der Waals surface area contributed by atoms with Gasteiger partial charge in [0.25, 0.3) is 0 Å². The Morgan fingerprint density at radius 3 is 2.80 bits per heavy atom. The topological polar surface area (TPSA) is 29.1 Å². The van der Waals surface area contributed by atoms with Gasteiger partial charge in [0.2, 0.25) is 5.91 Å². The molecule has 82 valence electrons. The van der Waals surface area contributed by atoms with Crippen molar-refractivity contribution in [2.75, 3.05) is 6.54 Å². The molecular weight excluding hydrogens is 193 g/mol. The first-order valence-electron chi connectivity index (χ1n) is 5.15. The van der Waals surface area contributed by atoms with Crippen LogP contribution in [0.2, 0.25) is 0 Å². The molecule has 0 aliphatic rings. The fourth-order valence-electron chi connectivity index (χ4n) is 1.40. The summed E-state index contributed by atoms with van der Waals surface area (Å²) in [6, 6.07) is 4.73. The van der Waals surface area contributed by atoms with Crippen molar-refractivity contribution in [1.82, 2.24) is 5.32 Å². The first-order chi connectivity index (χ1) is 7.13. The summed E-state index contributed by atoms with van der Waals surface area (Å²) in [5, 5.41) is 2.79. The lowest BCUT2D eigenvalue weighted by molar-refractivity contribution is -0.120. The highest BCUT2D eigenvalue weighted by Gasteiger charge is 2.01. The van der Waals surface area contributed by atoms with Crippen LogP contribution in [0.1, 0.15) is 24.5 Å². The third kappa shape index (κ3) is 3.70. The number of amides is 1. The predicted octanol–water partition coefficient (Wildman–Crippen LogP) is 2.20. The molecule has 15 heavy (non-hydrogen) atoms. The van der Waals surface area contributed by atoms with Crippen LogP contribution in [0.15, 0.2) is 18.2 Å². The second-order valence-electron chi connectivity index (χ2n) is 3.52. The molecule has 0 aromatic heterocycles. The Balaban J connectivity index is 2.47. The Morgan fingerprint density at radius 2 is 2.20 bits per heavy atom. The van der Waals surface area contributed by atoms with Gasteiger partial charge in [-0.05, 0) is 36.6 Å². The monoisotopic (exact) mass is 209 g/mol. The minimum absolute atomic E-state index is 0.0507. The molecule has 3 heteroatoms. The molecule has 0 spiro atoms. The quantitative estimate of drug-likeness (QED) is 0.809. The van der Waals surface area contributed by atoms with Gasteiger partial charge < -0.3 is 5.32 Å². The molecule has 2 nitrogen and oxygen atoms in total. The smallest absolute Gasteiger partial charge is 0.219 e. The summed E-state index contributed by atoms with van der Waals surface area (Å²) >= 11 is 0. The molecule has 0 bridgehead atoms. The molecule has 0 saturated heterocycles. The third-order valence-electron chi connectivity index (χ3n) is 2.34. The molecule has 1 rings (SSSR count). The summed E-state index contributed by atoms with van der Waals surface area (Å²) in [4.78, 5) is 11.0. The molecule has 0 fully saturated rings. The molecule has 0 radical (unpaired) electrons. The molecule has 0 unspecified atom stereocenters. The normalized spacial score (nSPS) is 10.1. The van der Waals surface area contributed by atoms with Gasteiger partial charge in [-0.1, -0.05) is 13.0 Å². The second kappa shape index (κ2) is 5.49. The molecule has 1 aromatic carbocycles. The molecule has 0 atom stereocenters. The fourth-order valence-corrected chi connectivity index (χ4v) is 1.40. The van der Waals surface area contributed by atoms with E-state index in [0.717, 1.165) is 17.5 Å². The number of nitrogens with one attached hydrogen (secondary N) is 1. The van der Waals surface area contributed by atoms with Gasteiger partial charge in [0.1, 0.15) is 5.82 Å². The van der Waals surface area contributed by atoms with Gasteiger partial charge in [-0.2, -0.15) is 0 Å². The zero-order chi connectivity index (χ0) is 11.3. The van der Waals surface area contributed by atoms with Crippen LogP contribution in [-0.2, 0) is 11.2 Å². The van der Waals surface area contributed by atoms with Gasteiger partial charge in [0.15, 0.2) is 0 Å². The summed E-state index contributed by atoms with van der Waals surface area (Å²) in [6.45, 7) is 4.30. The van der Waals surface area contributed by atoms with Crippen LogP contribution in [0.4, 0.5) is 4.39 Å². The second-order valence-corrected chi connectivity index (χ2v) is 3.52. The number of benzene rings is 1. The summed E-state index contributed by atoms with van der Waals surface area (Å²) in [5.41, 5.74) is 2.01. The van der Waals surface area contributed by atoms with Gasteiger partial charge >= 0.3 is 0 Å². The van der Waals surface area contributed by atoms with E-state index in [1.54, 1.807) is 6.07 Å². The molecule has 1 N–H and O–H groups in total. The maximum atomic E-state index is 12.8. The highest BCUT2D eigenvalue weighted by atomic mass is 19.1. The number of hydrogen-bond acceptors (Lipinski definition) is 1. The van der Waals surface area contributed by atoms with Gasteiger partial charge in [0, 0.05) is 13.0 Å². The lowest BCUT2D eigenvalue weighted by atomic mass is 10.1. The number of hydrogen-bond donors (Lipinski definition) is 1. The van der Waals surface area contributed by atoms with Crippen LogP contribution in [0, 0.1) is 12.7 Å². The van der Waals surface area contributed by atoms with Gasteiger partial charge in [-0.15, -0.1) is 0 Å². The van der Waals surface area contributed by atoms with Crippen molar-refractivity contribution < 1.29 is 9.18 Å². The predicted molar refractivity (Wildman–Crippen MR) is 58.1 cm³/mol. The van der Waals surface area contributed by atoms with Crippen molar-refractivity contribution in [3.8, 4) is 0 Å². The van der Waals surface area contributed by atoms with Crippen LogP contribution in [0.25, 0.3) is 0 Å². The van der Waals surface area contributed by atoms with Crippen LogP contribution >= 0.6 is 0 Å². The van der Waals surface area contributed by atoms with E-state index in [1.165, 1.54) is 12.1 Å². The van der Waals surface area contributed by atoms with E-state index >= 15 is 0 Å². The summed E-state index contributed by atoms with van der Waals surface area (Å²) < 4.78 is 12.8. The van der Waals surface area contributed by atoms with E-state index in [4.69, 9.17) is 0 Å². The SMILES string of the molecule is CCC(=O)NCCc1ccc(F)cc1C. The first kappa shape index (κ1) is 11.7. The van der Waals surface area contributed by atoms with Crippen LogP contribution in [0.5, 0.6) is 0 Å². The van der Waals surface area contributed by atoms with Crippen molar-refractivity contribution in [2.24, 2.45) is 0 Å². The number of rotatable bonds is 4. The highest BCUT2D eigenvalue weighted by Crippen LogP contribution is 2.10. The molecular formula is C12H16FNO. The van der Waals surface area contributed by atoms with Crippen LogP contribution < -0.4 is 5.32 Å². The Kier molecular flexibility index (Phi) is 4.28. The number of carbonyl (C=O) groups is 1. The van der Waals surface area contributed by atoms with E-state index < -0.39 is 0 Å². The summed E-state index contributed by atoms with van der Waals surface area (Å²) in [5.74, 6) is -0.163. The Labute approximate surface area is 89.5 Å². The maximum Gasteiger partial charge on any atom is 0.219 e. The average Bonchev–Trinajstić information content (AvgIpc) is 2.21. The number of carbonyl (C=O) groups excluding carboxylic acids is 1. The molecule has 0 saturated carbocycles. The maximum absolute atomic E-state index is 12.8. The first-order valence-corrected chi connectivity index (χ1v) is 5.15. The third-order valence-corrected chi connectivity index (χ3v) is 2.34. The van der Waals surface area contributed by atoms with Crippen LogP contribution in [0.3, 0.4) is 0 Å². The van der Waals surface area contributed by atoms with E-state index in [-0.39, 0.29) is 11.7 Å². The van der Waals surface area contributed by atoms with E-state index in [1.807, 2.05) is 13.8 Å². The molecule has 0 aliphatic carbocycles. The number of aryl methyl sites for hydroxylation is 1. The zero-order valence-electron chi connectivity index (χ0n) is 9.14. The standard InChI is InChI=1S/C12H16FNO/c1-3-12(15)14-7-6-10-4-5-11(13)8-9(10)2/h4-5,8H,3,6-7H2,1-2H3,(H,14,15). The summed E-state index contributed by atoms with van der Waals surface area (Å²) in [6.07, 6.45) is 1.25. The Hall–Kier alpha value is -1.38. The van der Waals surface area contributed by atoms with Crippen molar-refractivity contribution in [2.45, 2.75) is 26.7 Å². The van der Waals surface area contributed by atoms with E-state index in [2.05, 4.69) is 5.32 Å². The minimum Gasteiger partial charge on any atom is -0.356 e. The average molecular weight is 209 g/mol. The fraction of sp³-hybridized carbons (Fsp3) is 0.417. The number of halogens is 1. The zero-order valence-corrected chi connectivity index (χ0v) is 9.14. The van der Waals surface area contributed by atoms with Crippen molar-refractivity contribution in [3.05, 3.63) is 35.1 Å². The molecule has 0 aliphatic heterocycles. The largest absolute Gasteiger partial charge is 0.356 e. The lowest BCUT2D eigenvalue weighted by Gasteiger charge is -2.06. The Bertz CT molecular complexity index is 349. The van der Waals surface area contributed by atoms with E-state index in [9.17, 15) is 9.18 Å². The van der Waals surface area contributed by atoms with Crippen molar-refractivity contribution in [3.63, 3.8) is 0 Å². The molecule has 1 aromatic rings. The highest BCUT2D eigenvalue weighted by molar-refractivity contribution is 5.75. The van der Waals surface area contributed by atoms with Gasteiger partial charge in [-0.25, -0.2) is 4.39 Å². The molecule has 1 amide bonds.